The fourth-order valence-corrected chi connectivity index (χ4v) is 4.04. The van der Waals surface area contributed by atoms with Crippen molar-refractivity contribution in [3.63, 3.8) is 0 Å². The second kappa shape index (κ2) is 7.36. The number of amides is 1. The quantitative estimate of drug-likeness (QED) is 0.832. The summed E-state index contributed by atoms with van der Waals surface area (Å²) < 4.78 is 10.3. The molecule has 0 fully saturated rings. The molecule has 1 aromatic heterocycles. The van der Waals surface area contributed by atoms with Crippen molar-refractivity contribution >= 4 is 28.2 Å². The Bertz CT molecular complexity index is 849. The van der Waals surface area contributed by atoms with Crippen LogP contribution in [-0.2, 0) is 22.4 Å². The number of anilines is 1. The molecule has 0 saturated carbocycles. The number of nitrogens with zero attached hydrogens (tertiary/aromatic N) is 1. The van der Waals surface area contributed by atoms with Gasteiger partial charge in [-0.1, -0.05) is 0 Å². The van der Waals surface area contributed by atoms with Crippen LogP contribution in [0, 0.1) is 11.3 Å². The summed E-state index contributed by atoms with van der Waals surface area (Å²) in [7, 11) is 1.33. The van der Waals surface area contributed by atoms with E-state index >= 15 is 0 Å². The molecule has 1 aliphatic rings. The van der Waals surface area contributed by atoms with Gasteiger partial charge in [0, 0.05) is 4.88 Å². The van der Waals surface area contributed by atoms with Gasteiger partial charge in [0.05, 0.1) is 24.3 Å². The SMILES string of the molecule is COC(=O)c1c(NC(=O)COc2ccc(C#N)cc2)sc2c1CCC2. The molecule has 1 amide bonds. The molecule has 3 rings (SSSR count). The molecule has 1 N–H and O–H groups in total. The van der Waals surface area contributed by atoms with Crippen LogP contribution in [0.25, 0.3) is 0 Å². The second-order valence-corrected chi connectivity index (χ2v) is 6.63. The summed E-state index contributed by atoms with van der Waals surface area (Å²) in [6.07, 6.45) is 2.76. The zero-order valence-electron chi connectivity index (χ0n) is 13.6. The van der Waals surface area contributed by atoms with Crippen LogP contribution in [0.3, 0.4) is 0 Å². The Kier molecular flexibility index (Phi) is 5.00. The molecule has 0 spiro atoms. The molecule has 1 aliphatic carbocycles. The second-order valence-electron chi connectivity index (χ2n) is 5.53. The molecule has 7 heteroatoms. The Labute approximate surface area is 149 Å². The molecule has 6 nitrogen and oxygen atoms in total. The number of aryl methyl sites for hydroxylation is 1. The molecule has 0 unspecified atom stereocenters. The van der Waals surface area contributed by atoms with E-state index in [2.05, 4.69) is 5.32 Å². The van der Waals surface area contributed by atoms with Gasteiger partial charge in [-0.3, -0.25) is 4.79 Å². The maximum absolute atomic E-state index is 12.2. The lowest BCUT2D eigenvalue weighted by Gasteiger charge is -2.08. The molecule has 0 bridgehead atoms. The van der Waals surface area contributed by atoms with Crippen molar-refractivity contribution in [2.45, 2.75) is 19.3 Å². The zero-order chi connectivity index (χ0) is 17.8. The molecule has 2 aromatic rings. The van der Waals surface area contributed by atoms with E-state index in [-0.39, 0.29) is 12.5 Å². The lowest BCUT2D eigenvalue weighted by molar-refractivity contribution is -0.118. The number of methoxy groups -OCH3 is 1. The van der Waals surface area contributed by atoms with Gasteiger partial charge < -0.3 is 14.8 Å². The summed E-state index contributed by atoms with van der Waals surface area (Å²) in [5.74, 6) is -0.284. The summed E-state index contributed by atoms with van der Waals surface area (Å²) in [6.45, 7) is -0.185. The number of benzene rings is 1. The first-order valence-electron chi connectivity index (χ1n) is 7.78. The standard InChI is InChI=1S/C18H16N2O4S/c1-23-18(22)16-13-3-2-4-14(13)25-17(16)20-15(21)10-24-12-7-5-11(9-19)6-8-12/h5-8H,2-4,10H2,1H3,(H,20,21). The van der Waals surface area contributed by atoms with E-state index in [1.807, 2.05) is 6.07 Å². The van der Waals surface area contributed by atoms with Crippen LogP contribution in [-0.4, -0.2) is 25.6 Å². The highest BCUT2D eigenvalue weighted by Crippen LogP contribution is 2.39. The highest BCUT2D eigenvalue weighted by atomic mass is 32.1. The van der Waals surface area contributed by atoms with Gasteiger partial charge in [-0.2, -0.15) is 5.26 Å². The van der Waals surface area contributed by atoms with E-state index in [4.69, 9.17) is 14.7 Å². The fourth-order valence-electron chi connectivity index (χ4n) is 2.75. The van der Waals surface area contributed by atoms with Crippen molar-refractivity contribution in [3.05, 3.63) is 45.8 Å². The Balaban J connectivity index is 1.67. The first-order chi connectivity index (χ1) is 12.1. The van der Waals surface area contributed by atoms with Crippen molar-refractivity contribution in [1.82, 2.24) is 0 Å². The summed E-state index contributed by atoms with van der Waals surface area (Å²) in [4.78, 5) is 25.3. The number of carbonyl (C=O) groups is 2. The van der Waals surface area contributed by atoms with E-state index in [1.54, 1.807) is 24.3 Å². The van der Waals surface area contributed by atoms with Crippen LogP contribution in [0.4, 0.5) is 5.00 Å². The fraction of sp³-hybridized carbons (Fsp3) is 0.278. The molecule has 1 heterocycles. The topological polar surface area (TPSA) is 88.4 Å². The monoisotopic (exact) mass is 356 g/mol. The minimum Gasteiger partial charge on any atom is -0.484 e. The van der Waals surface area contributed by atoms with Crippen LogP contribution in [0.15, 0.2) is 24.3 Å². The van der Waals surface area contributed by atoms with Gasteiger partial charge in [0.25, 0.3) is 5.91 Å². The molecule has 0 aliphatic heterocycles. The number of fused-ring (bicyclic) bond motifs is 1. The van der Waals surface area contributed by atoms with Gasteiger partial charge in [0.1, 0.15) is 10.8 Å². The first-order valence-corrected chi connectivity index (χ1v) is 8.59. The van der Waals surface area contributed by atoms with E-state index < -0.39 is 5.97 Å². The maximum atomic E-state index is 12.2. The molecule has 128 valence electrons. The number of ether oxygens (including phenoxy) is 2. The average molecular weight is 356 g/mol. The molecular formula is C18H16N2O4S. The summed E-state index contributed by atoms with van der Waals surface area (Å²) in [5, 5.41) is 12.0. The Morgan fingerprint density at radius 1 is 1.28 bits per heavy atom. The smallest absolute Gasteiger partial charge is 0.341 e. The van der Waals surface area contributed by atoms with Crippen LogP contribution in [0.2, 0.25) is 0 Å². The van der Waals surface area contributed by atoms with Crippen molar-refractivity contribution in [3.8, 4) is 11.8 Å². The van der Waals surface area contributed by atoms with Crippen molar-refractivity contribution in [2.75, 3.05) is 19.0 Å². The van der Waals surface area contributed by atoms with Gasteiger partial charge in [0.15, 0.2) is 6.61 Å². The predicted molar refractivity (Wildman–Crippen MR) is 93.0 cm³/mol. The lowest BCUT2D eigenvalue weighted by atomic mass is 10.1. The summed E-state index contributed by atoms with van der Waals surface area (Å²) in [6, 6.07) is 8.51. The molecule has 25 heavy (non-hydrogen) atoms. The number of rotatable bonds is 5. The van der Waals surface area contributed by atoms with Gasteiger partial charge in [-0.15, -0.1) is 11.3 Å². The number of hydrogen-bond acceptors (Lipinski definition) is 6. The van der Waals surface area contributed by atoms with Crippen LogP contribution < -0.4 is 10.1 Å². The van der Waals surface area contributed by atoms with Gasteiger partial charge >= 0.3 is 5.97 Å². The van der Waals surface area contributed by atoms with E-state index in [1.165, 1.54) is 18.4 Å². The third kappa shape index (κ3) is 3.64. The number of nitrogens with one attached hydrogen (secondary N) is 1. The molecule has 1 aromatic carbocycles. The minimum absolute atomic E-state index is 0.185. The Morgan fingerprint density at radius 2 is 2.04 bits per heavy atom. The van der Waals surface area contributed by atoms with Crippen LogP contribution in [0.5, 0.6) is 5.75 Å². The van der Waals surface area contributed by atoms with Crippen LogP contribution >= 0.6 is 11.3 Å². The summed E-state index contributed by atoms with van der Waals surface area (Å²) >= 11 is 1.42. The number of hydrogen-bond donors (Lipinski definition) is 1. The highest BCUT2D eigenvalue weighted by molar-refractivity contribution is 7.17. The highest BCUT2D eigenvalue weighted by Gasteiger charge is 2.28. The van der Waals surface area contributed by atoms with Gasteiger partial charge in [-0.05, 0) is 49.1 Å². The van der Waals surface area contributed by atoms with Crippen molar-refractivity contribution < 1.29 is 19.1 Å². The predicted octanol–water partition coefficient (Wildman–Crippen LogP) is 2.91. The summed E-state index contributed by atoms with van der Waals surface area (Å²) in [5.41, 5.74) is 1.97. The van der Waals surface area contributed by atoms with Crippen molar-refractivity contribution in [2.24, 2.45) is 0 Å². The van der Waals surface area contributed by atoms with Gasteiger partial charge in [-0.25, -0.2) is 4.79 Å². The largest absolute Gasteiger partial charge is 0.484 e. The lowest BCUT2D eigenvalue weighted by Crippen LogP contribution is -2.21. The normalized spacial score (nSPS) is 12.2. The van der Waals surface area contributed by atoms with Crippen LogP contribution in [0.1, 0.15) is 32.8 Å². The number of carbonyl (C=O) groups excluding carboxylic acids is 2. The average Bonchev–Trinajstić information content (AvgIpc) is 3.20. The molecule has 0 radical (unpaired) electrons. The number of esters is 1. The number of nitriles is 1. The van der Waals surface area contributed by atoms with Gasteiger partial charge in [0.2, 0.25) is 0 Å². The Morgan fingerprint density at radius 3 is 2.72 bits per heavy atom. The Hall–Kier alpha value is -2.85. The first kappa shape index (κ1) is 17.0. The third-order valence-electron chi connectivity index (χ3n) is 3.92. The number of thiophene rings is 1. The molecule has 0 saturated heterocycles. The third-order valence-corrected chi connectivity index (χ3v) is 5.12. The maximum Gasteiger partial charge on any atom is 0.341 e. The van der Waals surface area contributed by atoms with E-state index in [0.29, 0.717) is 21.9 Å². The molecule has 0 atom stereocenters. The van der Waals surface area contributed by atoms with Crippen molar-refractivity contribution in [1.29, 1.82) is 5.26 Å². The van der Waals surface area contributed by atoms with E-state index in [0.717, 1.165) is 29.7 Å². The van der Waals surface area contributed by atoms with E-state index in [9.17, 15) is 9.59 Å². The minimum atomic E-state index is -0.428. The zero-order valence-corrected chi connectivity index (χ0v) is 14.4. The molecular weight excluding hydrogens is 340 g/mol.